The molecular formula is C18H21NOS. The normalized spacial score (nSPS) is 10.4. The molecule has 0 fully saturated rings. The van der Waals surface area contributed by atoms with E-state index in [1.165, 1.54) is 17.7 Å². The van der Waals surface area contributed by atoms with Crippen molar-refractivity contribution < 1.29 is 4.79 Å². The maximum Gasteiger partial charge on any atom is 0.255 e. The van der Waals surface area contributed by atoms with Crippen LogP contribution in [0.3, 0.4) is 0 Å². The summed E-state index contributed by atoms with van der Waals surface area (Å²) in [4.78, 5) is 13.4. The SMILES string of the molecule is CCCCSc1ccc(NC(=O)c2cccc(C)c2)cc1. The second-order valence-corrected chi connectivity index (χ2v) is 6.22. The van der Waals surface area contributed by atoms with Gasteiger partial charge in [-0.1, -0.05) is 31.0 Å². The van der Waals surface area contributed by atoms with Gasteiger partial charge >= 0.3 is 0 Å². The molecule has 1 amide bonds. The van der Waals surface area contributed by atoms with Gasteiger partial charge in [0.2, 0.25) is 0 Å². The molecule has 0 saturated carbocycles. The molecule has 0 aliphatic heterocycles. The van der Waals surface area contributed by atoms with Gasteiger partial charge in [-0.15, -0.1) is 11.8 Å². The molecule has 3 heteroatoms. The van der Waals surface area contributed by atoms with Crippen molar-refractivity contribution >= 4 is 23.4 Å². The van der Waals surface area contributed by atoms with Crippen LogP contribution in [-0.2, 0) is 0 Å². The number of anilines is 1. The standard InChI is InChI=1S/C18H21NOS/c1-3-4-12-21-17-10-8-16(9-11-17)19-18(20)15-7-5-6-14(2)13-15/h5-11,13H,3-4,12H2,1-2H3,(H,19,20). The van der Waals surface area contributed by atoms with Crippen LogP contribution in [0.25, 0.3) is 0 Å². The highest BCUT2D eigenvalue weighted by Crippen LogP contribution is 2.21. The van der Waals surface area contributed by atoms with Crippen LogP contribution in [0.4, 0.5) is 5.69 Å². The largest absolute Gasteiger partial charge is 0.322 e. The summed E-state index contributed by atoms with van der Waals surface area (Å²) in [5.41, 5.74) is 2.61. The molecule has 21 heavy (non-hydrogen) atoms. The number of benzene rings is 2. The van der Waals surface area contributed by atoms with Crippen molar-refractivity contribution in [2.24, 2.45) is 0 Å². The lowest BCUT2D eigenvalue weighted by Gasteiger charge is -2.07. The first kappa shape index (κ1) is 15.6. The maximum absolute atomic E-state index is 12.1. The maximum atomic E-state index is 12.1. The number of unbranched alkanes of at least 4 members (excludes halogenated alkanes) is 1. The lowest BCUT2D eigenvalue weighted by atomic mass is 10.1. The molecule has 0 radical (unpaired) electrons. The highest BCUT2D eigenvalue weighted by molar-refractivity contribution is 7.99. The number of carbonyl (C=O) groups is 1. The summed E-state index contributed by atoms with van der Waals surface area (Å²) in [6, 6.07) is 15.7. The van der Waals surface area contributed by atoms with Crippen LogP contribution in [0.15, 0.2) is 53.4 Å². The average Bonchev–Trinajstić information content (AvgIpc) is 2.49. The Morgan fingerprint density at radius 3 is 2.57 bits per heavy atom. The Balaban J connectivity index is 1.95. The zero-order valence-electron chi connectivity index (χ0n) is 12.6. The molecular weight excluding hydrogens is 278 g/mol. The Kier molecular flexibility index (Phi) is 5.88. The van der Waals surface area contributed by atoms with Gasteiger partial charge in [0.15, 0.2) is 0 Å². The molecule has 0 heterocycles. The molecule has 0 spiro atoms. The van der Waals surface area contributed by atoms with Crippen molar-refractivity contribution in [1.29, 1.82) is 0 Å². The van der Waals surface area contributed by atoms with E-state index in [1.54, 1.807) is 0 Å². The van der Waals surface area contributed by atoms with Gasteiger partial charge in [-0.2, -0.15) is 0 Å². The third-order valence-electron chi connectivity index (χ3n) is 3.16. The first-order valence-electron chi connectivity index (χ1n) is 7.30. The number of rotatable bonds is 6. The Hall–Kier alpha value is -1.74. The molecule has 2 aromatic carbocycles. The predicted octanol–water partition coefficient (Wildman–Crippen LogP) is 5.14. The molecule has 2 rings (SSSR count). The number of aryl methyl sites for hydroxylation is 1. The van der Waals surface area contributed by atoms with E-state index < -0.39 is 0 Å². The van der Waals surface area contributed by atoms with Gasteiger partial charge in [-0.3, -0.25) is 4.79 Å². The molecule has 0 saturated heterocycles. The topological polar surface area (TPSA) is 29.1 Å². The van der Waals surface area contributed by atoms with E-state index in [2.05, 4.69) is 24.4 Å². The Bertz CT molecular complexity index is 592. The molecule has 1 N–H and O–H groups in total. The van der Waals surface area contributed by atoms with Crippen molar-refractivity contribution in [2.45, 2.75) is 31.6 Å². The van der Waals surface area contributed by atoms with E-state index in [-0.39, 0.29) is 5.91 Å². The zero-order chi connectivity index (χ0) is 15.1. The molecule has 0 unspecified atom stereocenters. The number of hydrogen-bond donors (Lipinski definition) is 1. The Morgan fingerprint density at radius 1 is 1.14 bits per heavy atom. The predicted molar refractivity (Wildman–Crippen MR) is 91.2 cm³/mol. The number of thioether (sulfide) groups is 1. The fourth-order valence-electron chi connectivity index (χ4n) is 1.96. The van der Waals surface area contributed by atoms with Gasteiger partial charge in [-0.25, -0.2) is 0 Å². The van der Waals surface area contributed by atoms with Crippen molar-refractivity contribution in [2.75, 3.05) is 11.1 Å². The van der Waals surface area contributed by atoms with Crippen molar-refractivity contribution in [1.82, 2.24) is 0 Å². The summed E-state index contributed by atoms with van der Waals surface area (Å²) < 4.78 is 0. The quantitative estimate of drug-likeness (QED) is 0.591. The smallest absolute Gasteiger partial charge is 0.255 e. The summed E-state index contributed by atoms with van der Waals surface area (Å²) in [6.07, 6.45) is 2.45. The fraction of sp³-hybridized carbons (Fsp3) is 0.278. The number of nitrogens with one attached hydrogen (secondary N) is 1. The van der Waals surface area contributed by atoms with E-state index in [0.717, 1.165) is 17.0 Å². The first-order chi connectivity index (χ1) is 10.2. The van der Waals surface area contributed by atoms with Crippen LogP contribution in [0, 0.1) is 6.92 Å². The zero-order valence-corrected chi connectivity index (χ0v) is 13.4. The third kappa shape index (κ3) is 4.94. The third-order valence-corrected chi connectivity index (χ3v) is 4.26. The van der Waals surface area contributed by atoms with Gasteiger partial charge in [0, 0.05) is 16.1 Å². The highest BCUT2D eigenvalue weighted by atomic mass is 32.2. The van der Waals surface area contributed by atoms with E-state index >= 15 is 0 Å². The van der Waals surface area contributed by atoms with E-state index in [4.69, 9.17) is 0 Å². The lowest BCUT2D eigenvalue weighted by molar-refractivity contribution is 0.102. The van der Waals surface area contributed by atoms with Crippen molar-refractivity contribution in [3.8, 4) is 0 Å². The fourth-order valence-corrected chi connectivity index (χ4v) is 2.96. The number of hydrogen-bond acceptors (Lipinski definition) is 2. The molecule has 0 aliphatic rings. The summed E-state index contributed by atoms with van der Waals surface area (Å²) >= 11 is 1.86. The second-order valence-electron chi connectivity index (χ2n) is 5.05. The molecule has 0 atom stereocenters. The van der Waals surface area contributed by atoms with E-state index in [9.17, 15) is 4.79 Å². The molecule has 0 aromatic heterocycles. The monoisotopic (exact) mass is 299 g/mol. The minimum absolute atomic E-state index is 0.0647. The molecule has 110 valence electrons. The summed E-state index contributed by atoms with van der Waals surface area (Å²) in [5.74, 6) is 1.08. The van der Waals surface area contributed by atoms with Gasteiger partial charge in [0.05, 0.1) is 0 Å². The van der Waals surface area contributed by atoms with Gasteiger partial charge < -0.3 is 5.32 Å². The Morgan fingerprint density at radius 2 is 1.90 bits per heavy atom. The summed E-state index contributed by atoms with van der Waals surface area (Å²) in [5, 5.41) is 2.93. The highest BCUT2D eigenvalue weighted by Gasteiger charge is 2.05. The minimum Gasteiger partial charge on any atom is -0.322 e. The number of carbonyl (C=O) groups excluding carboxylic acids is 1. The average molecular weight is 299 g/mol. The van der Waals surface area contributed by atoms with Crippen LogP contribution >= 0.6 is 11.8 Å². The van der Waals surface area contributed by atoms with E-state index in [0.29, 0.717) is 5.56 Å². The number of amides is 1. The van der Waals surface area contributed by atoms with Crippen LogP contribution in [0.1, 0.15) is 35.7 Å². The second kappa shape index (κ2) is 7.89. The van der Waals surface area contributed by atoms with Crippen LogP contribution in [0.2, 0.25) is 0 Å². The molecule has 2 aromatic rings. The first-order valence-corrected chi connectivity index (χ1v) is 8.28. The van der Waals surface area contributed by atoms with Gasteiger partial charge in [-0.05, 0) is 55.5 Å². The van der Waals surface area contributed by atoms with Gasteiger partial charge in [0.1, 0.15) is 0 Å². The van der Waals surface area contributed by atoms with Crippen LogP contribution in [-0.4, -0.2) is 11.7 Å². The van der Waals surface area contributed by atoms with E-state index in [1.807, 2.05) is 55.1 Å². The summed E-state index contributed by atoms with van der Waals surface area (Å²) in [6.45, 7) is 4.18. The minimum atomic E-state index is -0.0647. The lowest BCUT2D eigenvalue weighted by Crippen LogP contribution is -2.11. The van der Waals surface area contributed by atoms with Crippen LogP contribution in [0.5, 0.6) is 0 Å². The van der Waals surface area contributed by atoms with Gasteiger partial charge in [0.25, 0.3) is 5.91 Å². The molecule has 2 nitrogen and oxygen atoms in total. The molecule has 0 aliphatic carbocycles. The van der Waals surface area contributed by atoms with Crippen molar-refractivity contribution in [3.63, 3.8) is 0 Å². The van der Waals surface area contributed by atoms with Crippen molar-refractivity contribution in [3.05, 3.63) is 59.7 Å². The van der Waals surface area contributed by atoms with Crippen LogP contribution < -0.4 is 5.32 Å². The summed E-state index contributed by atoms with van der Waals surface area (Å²) in [7, 11) is 0. The molecule has 0 bridgehead atoms. The Labute approximate surface area is 131 Å².